The van der Waals surface area contributed by atoms with Gasteiger partial charge in [-0.15, -0.1) is 0 Å². The highest BCUT2D eigenvalue weighted by Gasteiger charge is 2.25. The van der Waals surface area contributed by atoms with E-state index in [0.717, 1.165) is 0 Å². The minimum Gasteiger partial charge on any atom is -0.369 e. The Balaban J connectivity index is 2.61. The number of primary amides is 1. The molecular formula is C12H16N4O4. The van der Waals surface area contributed by atoms with Gasteiger partial charge in [0, 0.05) is 24.4 Å². The van der Waals surface area contributed by atoms with Crippen LogP contribution in [0, 0.1) is 15.5 Å². The normalized spacial score (nSPS) is 10.7. The summed E-state index contributed by atoms with van der Waals surface area (Å²) in [7, 11) is 0. The number of benzene rings is 1. The van der Waals surface area contributed by atoms with Crippen LogP contribution in [0.5, 0.6) is 0 Å². The Morgan fingerprint density at radius 3 is 2.60 bits per heavy atom. The first-order chi connectivity index (χ1) is 9.22. The van der Waals surface area contributed by atoms with Gasteiger partial charge in [0.05, 0.1) is 10.3 Å². The molecule has 8 heteroatoms. The predicted molar refractivity (Wildman–Crippen MR) is 73.1 cm³/mol. The quantitative estimate of drug-likeness (QED) is 0.553. The highest BCUT2D eigenvalue weighted by molar-refractivity contribution is 5.90. The van der Waals surface area contributed by atoms with Crippen LogP contribution in [-0.2, 0) is 4.79 Å². The lowest BCUT2D eigenvalue weighted by Crippen LogP contribution is -2.43. The Morgan fingerprint density at radius 2 is 2.05 bits per heavy atom. The molecule has 0 atom stereocenters. The molecule has 0 aliphatic heterocycles. The number of urea groups is 1. The van der Waals surface area contributed by atoms with Gasteiger partial charge in [0.25, 0.3) is 5.69 Å². The Labute approximate surface area is 115 Å². The maximum atomic E-state index is 11.6. The summed E-state index contributed by atoms with van der Waals surface area (Å²) in [6, 6.07) is 4.96. The average Bonchev–Trinajstić information content (AvgIpc) is 2.36. The largest absolute Gasteiger partial charge is 0.369 e. The summed E-state index contributed by atoms with van der Waals surface area (Å²) in [5.74, 6) is -0.534. The molecule has 0 saturated heterocycles. The van der Waals surface area contributed by atoms with Crippen molar-refractivity contribution in [2.75, 3.05) is 11.9 Å². The average molecular weight is 280 g/mol. The molecule has 1 aromatic rings. The molecule has 0 aliphatic carbocycles. The number of non-ortho nitro benzene ring substituents is 1. The standard InChI is InChI=1S/C12H16N4O4/c1-12(2,10(13)17)7-14-11(18)15-8-4-3-5-9(6-8)16(19)20/h3-6H,7H2,1-2H3,(H2,13,17)(H2,14,15,18). The van der Waals surface area contributed by atoms with Gasteiger partial charge in [-0.2, -0.15) is 0 Å². The number of nitrogens with one attached hydrogen (secondary N) is 2. The minimum absolute atomic E-state index is 0.0586. The van der Waals surface area contributed by atoms with E-state index in [0.29, 0.717) is 0 Å². The molecule has 8 nitrogen and oxygen atoms in total. The van der Waals surface area contributed by atoms with Gasteiger partial charge in [-0.25, -0.2) is 4.79 Å². The number of nitrogens with two attached hydrogens (primary N) is 1. The van der Waals surface area contributed by atoms with Gasteiger partial charge in [-0.05, 0) is 19.9 Å². The number of nitrogens with zero attached hydrogens (tertiary/aromatic N) is 1. The molecular weight excluding hydrogens is 264 g/mol. The number of carbonyl (C=O) groups is 2. The van der Waals surface area contributed by atoms with Crippen molar-refractivity contribution in [3.8, 4) is 0 Å². The number of nitro benzene ring substituents is 1. The third-order valence-electron chi connectivity index (χ3n) is 2.67. The summed E-state index contributed by atoms with van der Waals surface area (Å²) in [6.07, 6.45) is 0. The van der Waals surface area contributed by atoms with E-state index in [4.69, 9.17) is 5.73 Å². The summed E-state index contributed by atoms with van der Waals surface area (Å²) in [5, 5.41) is 15.5. The maximum absolute atomic E-state index is 11.6. The van der Waals surface area contributed by atoms with Gasteiger partial charge in [0.15, 0.2) is 0 Å². The Bertz CT molecular complexity index is 542. The molecule has 0 bridgehead atoms. The van der Waals surface area contributed by atoms with Crippen molar-refractivity contribution in [3.63, 3.8) is 0 Å². The fourth-order valence-corrected chi connectivity index (χ4v) is 1.26. The Morgan fingerprint density at radius 1 is 1.40 bits per heavy atom. The molecule has 3 amide bonds. The van der Waals surface area contributed by atoms with Crippen molar-refractivity contribution >= 4 is 23.3 Å². The molecule has 0 spiro atoms. The zero-order valence-electron chi connectivity index (χ0n) is 11.2. The lowest BCUT2D eigenvalue weighted by molar-refractivity contribution is -0.384. The van der Waals surface area contributed by atoms with Crippen molar-refractivity contribution in [2.45, 2.75) is 13.8 Å². The van der Waals surface area contributed by atoms with Crippen molar-refractivity contribution in [3.05, 3.63) is 34.4 Å². The number of hydrogen-bond donors (Lipinski definition) is 3. The van der Waals surface area contributed by atoms with E-state index < -0.39 is 22.3 Å². The third-order valence-corrected chi connectivity index (χ3v) is 2.67. The second-order valence-electron chi connectivity index (χ2n) is 4.86. The lowest BCUT2D eigenvalue weighted by atomic mass is 9.93. The monoisotopic (exact) mass is 280 g/mol. The van der Waals surface area contributed by atoms with Crippen LogP contribution >= 0.6 is 0 Å². The van der Waals surface area contributed by atoms with Crippen LogP contribution in [0.4, 0.5) is 16.2 Å². The maximum Gasteiger partial charge on any atom is 0.319 e. The topological polar surface area (TPSA) is 127 Å². The van der Waals surface area contributed by atoms with Crippen LogP contribution in [0.15, 0.2) is 24.3 Å². The number of amides is 3. The van der Waals surface area contributed by atoms with Crippen molar-refractivity contribution in [1.82, 2.24) is 5.32 Å². The molecule has 0 aromatic heterocycles. The Hall–Kier alpha value is -2.64. The van der Waals surface area contributed by atoms with Crippen molar-refractivity contribution in [1.29, 1.82) is 0 Å². The van der Waals surface area contributed by atoms with E-state index in [1.54, 1.807) is 13.8 Å². The summed E-state index contributed by atoms with van der Waals surface area (Å²) >= 11 is 0. The van der Waals surface area contributed by atoms with Gasteiger partial charge < -0.3 is 16.4 Å². The van der Waals surface area contributed by atoms with E-state index >= 15 is 0 Å². The van der Waals surface area contributed by atoms with Gasteiger partial charge in [0.2, 0.25) is 5.91 Å². The molecule has 1 aromatic carbocycles. The summed E-state index contributed by atoms with van der Waals surface area (Å²) < 4.78 is 0. The van der Waals surface area contributed by atoms with Crippen LogP contribution < -0.4 is 16.4 Å². The molecule has 4 N–H and O–H groups in total. The van der Waals surface area contributed by atoms with Crippen LogP contribution in [0.3, 0.4) is 0 Å². The van der Waals surface area contributed by atoms with E-state index in [1.165, 1.54) is 24.3 Å². The zero-order valence-corrected chi connectivity index (χ0v) is 11.2. The molecule has 0 heterocycles. The summed E-state index contributed by atoms with van der Waals surface area (Å²) in [4.78, 5) is 32.7. The summed E-state index contributed by atoms with van der Waals surface area (Å²) in [5.41, 5.74) is 4.46. The second kappa shape index (κ2) is 6.00. The molecule has 0 unspecified atom stereocenters. The molecule has 0 radical (unpaired) electrons. The Kier molecular flexibility index (Phi) is 4.63. The van der Waals surface area contributed by atoms with Crippen molar-refractivity contribution < 1.29 is 14.5 Å². The van der Waals surface area contributed by atoms with Gasteiger partial charge in [-0.3, -0.25) is 14.9 Å². The van der Waals surface area contributed by atoms with Crippen LogP contribution in [0.2, 0.25) is 0 Å². The van der Waals surface area contributed by atoms with E-state index in [-0.39, 0.29) is 17.9 Å². The van der Waals surface area contributed by atoms with Crippen LogP contribution in [0.1, 0.15) is 13.8 Å². The lowest BCUT2D eigenvalue weighted by Gasteiger charge is -2.20. The molecule has 0 saturated carbocycles. The van der Waals surface area contributed by atoms with Crippen molar-refractivity contribution in [2.24, 2.45) is 11.1 Å². The number of hydrogen-bond acceptors (Lipinski definition) is 4. The highest BCUT2D eigenvalue weighted by Crippen LogP contribution is 2.17. The summed E-state index contributed by atoms with van der Waals surface area (Å²) in [6.45, 7) is 3.26. The van der Waals surface area contributed by atoms with Gasteiger partial charge >= 0.3 is 6.03 Å². The first kappa shape index (κ1) is 15.4. The predicted octanol–water partition coefficient (Wildman–Crippen LogP) is 1.23. The SMILES string of the molecule is CC(C)(CNC(=O)Nc1cccc([N+](=O)[O-])c1)C(N)=O. The number of nitro groups is 1. The molecule has 0 fully saturated rings. The molecule has 20 heavy (non-hydrogen) atoms. The van der Waals surface area contributed by atoms with E-state index in [2.05, 4.69) is 10.6 Å². The van der Waals surface area contributed by atoms with E-state index in [1.807, 2.05) is 0 Å². The fourth-order valence-electron chi connectivity index (χ4n) is 1.26. The fraction of sp³-hybridized carbons (Fsp3) is 0.333. The van der Waals surface area contributed by atoms with Gasteiger partial charge in [-0.1, -0.05) is 6.07 Å². The van der Waals surface area contributed by atoms with Crippen LogP contribution in [0.25, 0.3) is 0 Å². The zero-order chi connectivity index (χ0) is 15.3. The second-order valence-corrected chi connectivity index (χ2v) is 4.86. The smallest absolute Gasteiger partial charge is 0.319 e. The first-order valence-corrected chi connectivity index (χ1v) is 5.81. The van der Waals surface area contributed by atoms with Gasteiger partial charge in [0.1, 0.15) is 0 Å². The molecule has 1 rings (SSSR count). The molecule has 0 aliphatic rings. The number of rotatable bonds is 5. The number of carbonyl (C=O) groups excluding carboxylic acids is 2. The van der Waals surface area contributed by atoms with E-state index in [9.17, 15) is 19.7 Å². The third kappa shape index (κ3) is 4.23. The molecule has 108 valence electrons. The van der Waals surface area contributed by atoms with Crippen LogP contribution in [-0.4, -0.2) is 23.4 Å². The highest BCUT2D eigenvalue weighted by atomic mass is 16.6. The first-order valence-electron chi connectivity index (χ1n) is 5.81. The minimum atomic E-state index is -0.875. The number of anilines is 1.